The predicted molar refractivity (Wildman–Crippen MR) is 165 cm³/mol. The highest BCUT2D eigenvalue weighted by Crippen LogP contribution is 2.30. The first-order chi connectivity index (χ1) is 21.2. The molecule has 0 aliphatic carbocycles. The Morgan fingerprint density at radius 1 is 0.933 bits per heavy atom. The number of hydrogen-bond donors (Lipinski definition) is 1. The van der Waals surface area contributed by atoms with Gasteiger partial charge in [-0.1, -0.05) is 12.1 Å². The highest BCUT2D eigenvalue weighted by molar-refractivity contribution is 5.71. The Balaban J connectivity index is 1.52. The van der Waals surface area contributed by atoms with Gasteiger partial charge >= 0.3 is 18.3 Å². The van der Waals surface area contributed by atoms with Crippen molar-refractivity contribution in [3.05, 3.63) is 48.3 Å². The molecule has 1 N–H and O–H groups in total. The second kappa shape index (κ2) is 14.2. The third-order valence-corrected chi connectivity index (χ3v) is 7.29. The first kappa shape index (κ1) is 33.6. The maximum absolute atomic E-state index is 13.4. The van der Waals surface area contributed by atoms with Gasteiger partial charge in [-0.3, -0.25) is 4.90 Å². The third-order valence-electron chi connectivity index (χ3n) is 7.29. The van der Waals surface area contributed by atoms with Gasteiger partial charge < -0.3 is 33.9 Å². The van der Waals surface area contributed by atoms with Gasteiger partial charge in [0.05, 0.1) is 19.7 Å². The molecule has 0 radical (unpaired) electrons. The number of hydrogen-bond acceptors (Lipinski definition) is 11. The van der Waals surface area contributed by atoms with Crippen LogP contribution < -0.4 is 15.0 Å². The minimum atomic E-state index is -1.01. The summed E-state index contributed by atoms with van der Waals surface area (Å²) in [5.41, 5.74) is -0.730. The van der Waals surface area contributed by atoms with Crippen LogP contribution in [0.25, 0.3) is 0 Å². The zero-order valence-electron chi connectivity index (χ0n) is 27.1. The standard InChI is InChI=1S/C32H45N5O8/c1-31(2,3)44-29(39)37-20-25(42-30(40)45-32(4,5)6)26(24(37)17-21-9-11-23(41-7)12-10-21)43-28(38)35-18-22-13-16-36(19-22)27-33-14-8-15-34-27/h8-12,14-15,22,24-26H,13,16-20H2,1-7H3,(H,35,38)/t22-,24-,25+,26+/m1/s1. The molecule has 2 amide bonds. The summed E-state index contributed by atoms with van der Waals surface area (Å²) in [4.78, 5) is 51.6. The van der Waals surface area contributed by atoms with Crippen LogP contribution in [0.5, 0.6) is 5.75 Å². The van der Waals surface area contributed by atoms with Crippen molar-refractivity contribution in [2.75, 3.05) is 38.2 Å². The Bertz CT molecular complexity index is 1300. The Morgan fingerprint density at radius 2 is 1.60 bits per heavy atom. The van der Waals surface area contributed by atoms with E-state index in [0.717, 1.165) is 18.5 Å². The van der Waals surface area contributed by atoms with Gasteiger partial charge in [-0.15, -0.1) is 0 Å². The van der Waals surface area contributed by atoms with Crippen LogP contribution in [-0.4, -0.2) is 96.0 Å². The minimum absolute atomic E-state index is 0.0540. The quantitative estimate of drug-likeness (QED) is 0.324. The van der Waals surface area contributed by atoms with E-state index < -0.39 is 47.8 Å². The van der Waals surface area contributed by atoms with Crippen LogP contribution in [0.3, 0.4) is 0 Å². The van der Waals surface area contributed by atoms with Gasteiger partial charge in [0, 0.05) is 32.0 Å². The fraction of sp³-hybridized carbons (Fsp3) is 0.594. The SMILES string of the molecule is COc1ccc(C[C@@H]2[C@H](OC(=O)NC[C@H]3CCN(c4ncccn4)C3)[C@@H](OC(=O)OC(C)(C)C)CN2C(=O)OC(C)(C)C)cc1. The van der Waals surface area contributed by atoms with Crippen molar-refractivity contribution in [2.45, 2.75) is 83.8 Å². The van der Waals surface area contributed by atoms with Gasteiger partial charge in [0.15, 0.2) is 12.2 Å². The molecule has 4 atom stereocenters. The Morgan fingerprint density at radius 3 is 2.22 bits per heavy atom. The summed E-state index contributed by atoms with van der Waals surface area (Å²) in [5, 5.41) is 2.87. The van der Waals surface area contributed by atoms with Crippen molar-refractivity contribution in [3.63, 3.8) is 0 Å². The number of nitrogens with zero attached hydrogens (tertiary/aromatic N) is 4. The molecule has 2 aromatic rings. The van der Waals surface area contributed by atoms with Gasteiger partial charge in [-0.05, 0) is 84.1 Å². The number of anilines is 1. The fourth-order valence-corrected chi connectivity index (χ4v) is 5.30. The van der Waals surface area contributed by atoms with E-state index in [1.165, 1.54) is 4.90 Å². The van der Waals surface area contributed by atoms with Crippen molar-refractivity contribution >= 4 is 24.3 Å². The molecule has 2 aliphatic heterocycles. The summed E-state index contributed by atoms with van der Waals surface area (Å²) in [6.45, 7) is 12.2. The van der Waals surface area contributed by atoms with Gasteiger partial charge in [-0.25, -0.2) is 24.4 Å². The van der Waals surface area contributed by atoms with Gasteiger partial charge in [-0.2, -0.15) is 0 Å². The highest BCUT2D eigenvalue weighted by Gasteiger charge is 2.50. The first-order valence-corrected chi connectivity index (χ1v) is 15.2. The van der Waals surface area contributed by atoms with Crippen LogP contribution in [-0.2, 0) is 25.4 Å². The zero-order valence-corrected chi connectivity index (χ0v) is 27.1. The summed E-state index contributed by atoms with van der Waals surface area (Å²) < 4.78 is 28.0. The van der Waals surface area contributed by atoms with Crippen LogP contribution >= 0.6 is 0 Å². The second-order valence-electron chi connectivity index (χ2n) is 13.3. The van der Waals surface area contributed by atoms with Crippen LogP contribution in [0.4, 0.5) is 20.3 Å². The van der Waals surface area contributed by atoms with Crippen molar-refractivity contribution in [1.82, 2.24) is 20.2 Å². The topological polar surface area (TPSA) is 142 Å². The van der Waals surface area contributed by atoms with E-state index >= 15 is 0 Å². The van der Waals surface area contributed by atoms with E-state index in [-0.39, 0.29) is 12.5 Å². The molecule has 4 rings (SSSR count). The molecule has 3 heterocycles. The molecule has 0 saturated carbocycles. The molecule has 1 aromatic heterocycles. The minimum Gasteiger partial charge on any atom is -0.497 e. The number of rotatable bonds is 8. The van der Waals surface area contributed by atoms with E-state index in [0.29, 0.717) is 31.2 Å². The van der Waals surface area contributed by atoms with Gasteiger partial charge in [0.1, 0.15) is 17.0 Å². The number of amides is 2. The smallest absolute Gasteiger partial charge is 0.497 e. The normalized spacial score (nSPS) is 21.7. The molecule has 13 heteroatoms. The molecule has 246 valence electrons. The lowest BCUT2D eigenvalue weighted by Crippen LogP contribution is -2.46. The Kier molecular flexibility index (Phi) is 10.6. The second-order valence-corrected chi connectivity index (χ2v) is 13.3. The third kappa shape index (κ3) is 9.85. The molecular formula is C32H45N5O8. The number of carbonyl (C=O) groups is 3. The molecule has 0 bridgehead atoms. The fourth-order valence-electron chi connectivity index (χ4n) is 5.30. The molecule has 0 unspecified atom stereocenters. The van der Waals surface area contributed by atoms with E-state index in [4.69, 9.17) is 23.7 Å². The molecule has 0 spiro atoms. The number of ether oxygens (including phenoxy) is 5. The molecule has 13 nitrogen and oxygen atoms in total. The van der Waals surface area contributed by atoms with E-state index in [1.54, 1.807) is 67.1 Å². The van der Waals surface area contributed by atoms with Crippen molar-refractivity contribution < 1.29 is 38.1 Å². The maximum atomic E-state index is 13.4. The lowest BCUT2D eigenvalue weighted by atomic mass is 10.0. The summed E-state index contributed by atoms with van der Waals surface area (Å²) >= 11 is 0. The van der Waals surface area contributed by atoms with Crippen LogP contribution in [0.2, 0.25) is 0 Å². The largest absolute Gasteiger partial charge is 0.509 e. The molecule has 2 saturated heterocycles. The number of benzene rings is 1. The molecular weight excluding hydrogens is 582 g/mol. The summed E-state index contributed by atoms with van der Waals surface area (Å²) in [6.07, 6.45) is 0.311. The zero-order chi connectivity index (χ0) is 32.8. The Labute approximate surface area is 264 Å². The summed E-state index contributed by atoms with van der Waals surface area (Å²) in [7, 11) is 1.58. The van der Waals surface area contributed by atoms with E-state index in [9.17, 15) is 14.4 Å². The highest BCUT2D eigenvalue weighted by atomic mass is 16.7. The average molecular weight is 628 g/mol. The number of alkyl carbamates (subject to hydrolysis) is 1. The Hall–Kier alpha value is -4.29. The predicted octanol–water partition coefficient (Wildman–Crippen LogP) is 4.59. The molecule has 2 fully saturated rings. The maximum Gasteiger partial charge on any atom is 0.509 e. The number of carbonyl (C=O) groups excluding carboxylic acids is 3. The van der Waals surface area contributed by atoms with Crippen molar-refractivity contribution in [3.8, 4) is 5.75 Å². The number of methoxy groups -OCH3 is 1. The lowest BCUT2D eigenvalue weighted by Gasteiger charge is -2.30. The van der Waals surface area contributed by atoms with Gasteiger partial charge in [0.2, 0.25) is 5.95 Å². The van der Waals surface area contributed by atoms with Crippen LogP contribution in [0.1, 0.15) is 53.5 Å². The van der Waals surface area contributed by atoms with Crippen molar-refractivity contribution in [1.29, 1.82) is 0 Å². The molecule has 2 aliphatic rings. The average Bonchev–Trinajstić information content (AvgIpc) is 3.56. The summed E-state index contributed by atoms with van der Waals surface area (Å²) in [6, 6.07) is 8.42. The van der Waals surface area contributed by atoms with Crippen LogP contribution in [0, 0.1) is 5.92 Å². The molecule has 1 aromatic carbocycles. The summed E-state index contributed by atoms with van der Waals surface area (Å²) in [5.74, 6) is 1.49. The van der Waals surface area contributed by atoms with Crippen molar-refractivity contribution in [2.24, 2.45) is 5.92 Å². The van der Waals surface area contributed by atoms with E-state index in [1.807, 2.05) is 24.3 Å². The van der Waals surface area contributed by atoms with Gasteiger partial charge in [0.25, 0.3) is 0 Å². The monoisotopic (exact) mass is 627 g/mol. The lowest BCUT2D eigenvalue weighted by molar-refractivity contribution is -0.0518. The van der Waals surface area contributed by atoms with E-state index in [2.05, 4.69) is 20.2 Å². The number of nitrogens with one attached hydrogen (secondary N) is 1. The number of aromatic nitrogens is 2. The van der Waals surface area contributed by atoms with Crippen LogP contribution in [0.15, 0.2) is 42.7 Å². The first-order valence-electron chi connectivity index (χ1n) is 15.2. The molecule has 45 heavy (non-hydrogen) atoms. The number of likely N-dealkylation sites (tertiary alicyclic amines) is 1.